The molecular weight excluding hydrogens is 283 g/mol. The van der Waals surface area contributed by atoms with Crippen molar-refractivity contribution in [2.75, 3.05) is 7.11 Å². The molecule has 0 saturated carbocycles. The van der Waals surface area contributed by atoms with Gasteiger partial charge >= 0.3 is 64.3 Å². The molecule has 0 aliphatic rings. The van der Waals surface area contributed by atoms with Crippen LogP contribution in [0.1, 0.15) is 10.4 Å². The average Bonchev–Trinajstić information content (AvgIpc) is 2.35. The topological polar surface area (TPSA) is 26.3 Å². The van der Waals surface area contributed by atoms with Gasteiger partial charge in [-0.05, 0) is 22.9 Å². The van der Waals surface area contributed by atoms with Crippen LogP contribution in [0.15, 0.2) is 36.4 Å². The van der Waals surface area contributed by atoms with Gasteiger partial charge in [-0.15, -0.1) is 5.46 Å². The first-order valence-electron chi connectivity index (χ1n) is 5.24. The molecule has 0 amide bonds. The van der Waals surface area contributed by atoms with Crippen LogP contribution in [0.3, 0.4) is 0 Å². The van der Waals surface area contributed by atoms with Crippen molar-refractivity contribution in [3.05, 3.63) is 42.0 Å². The molecule has 7 heteroatoms. The van der Waals surface area contributed by atoms with Crippen LogP contribution in [-0.2, 0) is 4.74 Å². The fraction of sp³-hybridized carbons (Fsp3) is 0.0833. The van der Waals surface area contributed by atoms with Crippen molar-refractivity contribution >= 4 is 29.2 Å². The van der Waals surface area contributed by atoms with E-state index in [9.17, 15) is 17.7 Å². The molecule has 2 rings (SSSR count). The Hall–Kier alpha value is -0.339. The maximum Gasteiger partial charge on any atom is 1.00 e. The van der Waals surface area contributed by atoms with Gasteiger partial charge in [0.05, 0.1) is 12.7 Å². The van der Waals surface area contributed by atoms with Crippen molar-refractivity contribution in [2.24, 2.45) is 0 Å². The van der Waals surface area contributed by atoms with Gasteiger partial charge in [0.25, 0.3) is 0 Å². The molecule has 0 N–H and O–H groups in total. The molecule has 0 aromatic heterocycles. The molecular formula is C12H9BF3KO2. The predicted molar refractivity (Wildman–Crippen MR) is 64.0 cm³/mol. The van der Waals surface area contributed by atoms with E-state index in [1.54, 1.807) is 0 Å². The van der Waals surface area contributed by atoms with Crippen LogP contribution in [-0.4, -0.2) is 20.1 Å². The summed E-state index contributed by atoms with van der Waals surface area (Å²) in [5.74, 6) is -0.570. The van der Waals surface area contributed by atoms with Crippen LogP contribution in [0.4, 0.5) is 12.9 Å². The molecule has 2 nitrogen and oxygen atoms in total. The summed E-state index contributed by atoms with van der Waals surface area (Å²) in [7, 11) is 1.22. The van der Waals surface area contributed by atoms with E-state index >= 15 is 0 Å². The van der Waals surface area contributed by atoms with Gasteiger partial charge < -0.3 is 17.7 Å². The molecule has 0 aliphatic carbocycles. The number of methoxy groups -OCH3 is 1. The molecule has 0 bridgehead atoms. The minimum Gasteiger partial charge on any atom is -0.465 e. The minimum atomic E-state index is -5.07. The largest absolute Gasteiger partial charge is 1.00 e. The Kier molecular flexibility index (Phi) is 5.64. The van der Waals surface area contributed by atoms with Crippen LogP contribution >= 0.6 is 0 Å². The number of carbonyl (C=O) groups excluding carboxylic acids is 1. The first-order valence-corrected chi connectivity index (χ1v) is 5.24. The van der Waals surface area contributed by atoms with E-state index in [-0.39, 0.29) is 62.3 Å². The Morgan fingerprint density at radius 3 is 2.42 bits per heavy atom. The summed E-state index contributed by atoms with van der Waals surface area (Å²) in [6.45, 7) is -5.07. The van der Waals surface area contributed by atoms with Crippen molar-refractivity contribution < 1.29 is 73.9 Å². The number of carbonyl (C=O) groups is 1. The Labute approximate surface area is 150 Å². The molecule has 0 spiro atoms. The van der Waals surface area contributed by atoms with Gasteiger partial charge in [0.1, 0.15) is 0 Å². The zero-order valence-corrected chi connectivity index (χ0v) is 13.6. The zero-order chi connectivity index (χ0) is 13.3. The fourth-order valence-corrected chi connectivity index (χ4v) is 1.84. The molecule has 2 aromatic carbocycles. The van der Waals surface area contributed by atoms with Gasteiger partial charge in [-0.1, -0.05) is 24.3 Å². The molecule has 0 radical (unpaired) electrons. The third-order valence-electron chi connectivity index (χ3n) is 2.69. The summed E-state index contributed by atoms with van der Waals surface area (Å²) in [5.41, 5.74) is -0.416. The van der Waals surface area contributed by atoms with Gasteiger partial charge in [-0.3, -0.25) is 0 Å². The average molecular weight is 292 g/mol. The molecule has 0 fully saturated rings. The monoisotopic (exact) mass is 292 g/mol. The van der Waals surface area contributed by atoms with Crippen LogP contribution in [0.5, 0.6) is 0 Å². The first-order chi connectivity index (χ1) is 8.43. The second-order valence-electron chi connectivity index (χ2n) is 3.85. The fourth-order valence-electron chi connectivity index (χ4n) is 1.84. The maximum atomic E-state index is 12.8. The maximum absolute atomic E-state index is 12.8. The van der Waals surface area contributed by atoms with Crippen LogP contribution in [0, 0.1) is 0 Å². The third kappa shape index (κ3) is 3.61. The molecule has 0 heterocycles. The van der Waals surface area contributed by atoms with Crippen molar-refractivity contribution in [1.29, 1.82) is 0 Å². The van der Waals surface area contributed by atoms with E-state index in [1.165, 1.54) is 37.4 Å². The normalized spacial score (nSPS) is 10.9. The standard InChI is InChI=1S/C12H9BF3O2.K/c1-18-12(17)9-5-6-10-8(7-9)3-2-4-11(10)13(14,15)16;/h2-7H,1H3;/q-1;+1. The SMILES string of the molecule is COC(=O)c1ccc2c([B-](F)(F)F)cccc2c1.[K+]. The number of halogens is 3. The Bertz CT molecular complexity index is 613. The Morgan fingerprint density at radius 1 is 1.16 bits per heavy atom. The minimum absolute atomic E-state index is 0. The van der Waals surface area contributed by atoms with E-state index in [2.05, 4.69) is 4.74 Å². The summed E-state index contributed by atoms with van der Waals surface area (Å²) in [6.07, 6.45) is 0. The Balaban J connectivity index is 0.00000180. The molecule has 94 valence electrons. The van der Waals surface area contributed by atoms with Crippen LogP contribution in [0.2, 0.25) is 0 Å². The van der Waals surface area contributed by atoms with Gasteiger partial charge in [0.15, 0.2) is 0 Å². The van der Waals surface area contributed by atoms with Crippen molar-refractivity contribution in [1.82, 2.24) is 0 Å². The number of esters is 1. The number of ether oxygens (including phenoxy) is 1. The molecule has 2 aromatic rings. The van der Waals surface area contributed by atoms with E-state index < -0.39 is 18.4 Å². The number of rotatable bonds is 2. The smallest absolute Gasteiger partial charge is 0.465 e. The molecule has 0 aliphatic heterocycles. The number of hydrogen-bond acceptors (Lipinski definition) is 2. The van der Waals surface area contributed by atoms with Gasteiger partial charge in [-0.2, -0.15) is 0 Å². The Morgan fingerprint density at radius 2 is 1.84 bits per heavy atom. The molecule has 0 saturated heterocycles. The summed E-state index contributed by atoms with van der Waals surface area (Å²) in [6, 6.07) is 7.93. The zero-order valence-electron chi connectivity index (χ0n) is 10.5. The summed E-state index contributed by atoms with van der Waals surface area (Å²) in [4.78, 5) is 11.3. The summed E-state index contributed by atoms with van der Waals surface area (Å²) < 4.78 is 43.0. The summed E-state index contributed by atoms with van der Waals surface area (Å²) in [5, 5.41) is 0.465. The first kappa shape index (κ1) is 16.7. The van der Waals surface area contributed by atoms with Gasteiger partial charge in [-0.25, -0.2) is 4.79 Å². The van der Waals surface area contributed by atoms with Gasteiger partial charge in [0.2, 0.25) is 0 Å². The number of benzene rings is 2. The van der Waals surface area contributed by atoms with E-state index in [0.717, 1.165) is 6.07 Å². The second kappa shape index (κ2) is 6.41. The van der Waals surface area contributed by atoms with E-state index in [1.807, 2.05) is 0 Å². The van der Waals surface area contributed by atoms with E-state index in [0.29, 0.717) is 5.39 Å². The van der Waals surface area contributed by atoms with Crippen LogP contribution < -0.4 is 56.8 Å². The van der Waals surface area contributed by atoms with Crippen molar-refractivity contribution in [3.63, 3.8) is 0 Å². The van der Waals surface area contributed by atoms with E-state index in [4.69, 9.17) is 0 Å². The molecule has 0 unspecified atom stereocenters. The summed E-state index contributed by atoms with van der Waals surface area (Å²) >= 11 is 0. The number of hydrogen-bond donors (Lipinski definition) is 0. The molecule has 19 heavy (non-hydrogen) atoms. The predicted octanol–water partition coefficient (Wildman–Crippen LogP) is -0.315. The third-order valence-corrected chi connectivity index (χ3v) is 2.69. The van der Waals surface area contributed by atoms with Crippen molar-refractivity contribution in [3.8, 4) is 0 Å². The van der Waals surface area contributed by atoms with Gasteiger partial charge in [0, 0.05) is 0 Å². The quantitative estimate of drug-likeness (QED) is 0.560. The number of fused-ring (bicyclic) bond motifs is 1. The molecule has 0 atom stereocenters. The van der Waals surface area contributed by atoms with Crippen molar-refractivity contribution in [2.45, 2.75) is 0 Å². The second-order valence-corrected chi connectivity index (χ2v) is 3.85. The van der Waals surface area contributed by atoms with Crippen LogP contribution in [0.25, 0.3) is 10.8 Å².